The molecule has 3 nitrogen and oxygen atoms in total. The number of nitrogens with zero attached hydrogens (tertiary/aromatic N) is 2. The Kier molecular flexibility index (Phi) is 7.93. The van der Waals surface area contributed by atoms with E-state index in [0.717, 1.165) is 18.4 Å². The summed E-state index contributed by atoms with van der Waals surface area (Å²) in [6.07, 6.45) is 5.51. The maximum atomic E-state index is 13.3. The van der Waals surface area contributed by atoms with Crippen LogP contribution in [0, 0.1) is 0 Å². The quantitative estimate of drug-likeness (QED) is 0.428. The number of unbranched alkanes of at least 4 members (excludes halogenated alkanes) is 1. The summed E-state index contributed by atoms with van der Waals surface area (Å²) in [5, 5.41) is 0. The number of aliphatic imine (C=N–C) groups is 2. The van der Waals surface area contributed by atoms with E-state index in [2.05, 4.69) is 9.98 Å². The summed E-state index contributed by atoms with van der Waals surface area (Å²) in [7, 11) is 0. The third kappa shape index (κ3) is 6.66. The fraction of sp³-hybridized carbons (Fsp3) is 0.538. The molecule has 0 fully saturated rings. The van der Waals surface area contributed by atoms with E-state index in [1.807, 2.05) is 27.7 Å². The average molecular weight is 239 g/mol. The molecule has 4 heteroatoms. The van der Waals surface area contributed by atoms with Gasteiger partial charge in [-0.1, -0.05) is 20.3 Å². The fourth-order valence-electron chi connectivity index (χ4n) is 1.11. The number of hydrogen-bond acceptors (Lipinski definition) is 2. The molecule has 96 valence electrons. The van der Waals surface area contributed by atoms with Gasteiger partial charge in [-0.05, 0) is 38.3 Å². The molecule has 0 amide bonds. The highest BCUT2D eigenvalue weighted by Gasteiger charge is 2.04. The summed E-state index contributed by atoms with van der Waals surface area (Å²) in [5.74, 6) is -0.422. The minimum Gasteiger partial charge on any atom is -0.382 e. The van der Waals surface area contributed by atoms with Gasteiger partial charge >= 0.3 is 0 Å². The van der Waals surface area contributed by atoms with Crippen LogP contribution in [0.2, 0.25) is 0 Å². The van der Waals surface area contributed by atoms with Gasteiger partial charge in [-0.3, -0.25) is 4.99 Å². The Morgan fingerprint density at radius 2 is 1.94 bits per heavy atom. The number of nitrogens with two attached hydrogens (primary N) is 1. The Hall–Kier alpha value is -1.45. The third-order valence-electron chi connectivity index (χ3n) is 1.95. The van der Waals surface area contributed by atoms with Gasteiger partial charge in [0.25, 0.3) is 0 Å². The van der Waals surface area contributed by atoms with E-state index in [-0.39, 0.29) is 5.84 Å². The lowest BCUT2D eigenvalue weighted by Crippen LogP contribution is -2.15. The number of hydrogen-bond donors (Lipinski definition) is 1. The number of halogens is 1. The highest BCUT2D eigenvalue weighted by Crippen LogP contribution is 2.09. The van der Waals surface area contributed by atoms with Crippen molar-refractivity contribution in [3.8, 4) is 0 Å². The largest absolute Gasteiger partial charge is 0.382 e. The summed E-state index contributed by atoms with van der Waals surface area (Å²) in [5.41, 5.74) is 7.19. The molecule has 0 aromatic rings. The second-order valence-electron chi connectivity index (χ2n) is 3.88. The van der Waals surface area contributed by atoms with Crippen LogP contribution in [0.1, 0.15) is 47.0 Å². The normalized spacial score (nSPS) is 13.2. The Morgan fingerprint density at radius 3 is 2.41 bits per heavy atom. The first-order valence-corrected chi connectivity index (χ1v) is 5.93. The van der Waals surface area contributed by atoms with Crippen molar-refractivity contribution in [3.63, 3.8) is 0 Å². The lowest BCUT2D eigenvalue weighted by atomic mass is 10.2. The Labute approximate surface area is 103 Å². The van der Waals surface area contributed by atoms with Gasteiger partial charge in [-0.25, -0.2) is 4.99 Å². The lowest BCUT2D eigenvalue weighted by Gasteiger charge is -2.03. The van der Waals surface area contributed by atoms with Gasteiger partial charge in [0, 0.05) is 6.21 Å². The van der Waals surface area contributed by atoms with E-state index >= 15 is 0 Å². The Morgan fingerprint density at radius 1 is 1.29 bits per heavy atom. The molecular weight excluding hydrogens is 217 g/mol. The monoisotopic (exact) mass is 239 g/mol. The van der Waals surface area contributed by atoms with Gasteiger partial charge in [-0.15, -0.1) is 0 Å². The number of rotatable bonds is 6. The molecular formula is C13H22FN3. The van der Waals surface area contributed by atoms with Gasteiger partial charge in [0.2, 0.25) is 5.95 Å². The summed E-state index contributed by atoms with van der Waals surface area (Å²) in [4.78, 5) is 7.89. The van der Waals surface area contributed by atoms with Crippen molar-refractivity contribution in [3.05, 3.63) is 23.3 Å². The molecule has 0 aliphatic rings. The topological polar surface area (TPSA) is 50.7 Å². The Bertz CT molecular complexity index is 348. The van der Waals surface area contributed by atoms with Crippen LogP contribution < -0.4 is 5.73 Å². The second kappa shape index (κ2) is 8.67. The van der Waals surface area contributed by atoms with Crippen molar-refractivity contribution in [2.75, 3.05) is 0 Å². The zero-order valence-corrected chi connectivity index (χ0v) is 11.1. The molecule has 0 aliphatic heterocycles. The SMILES string of the molecule is CC/C=N\C(=C(C)C)/C(N)=N\C(F)=C\CCC. The predicted molar refractivity (Wildman–Crippen MR) is 72.9 cm³/mol. The summed E-state index contributed by atoms with van der Waals surface area (Å²) in [6.45, 7) is 7.70. The minimum absolute atomic E-state index is 0.125. The summed E-state index contributed by atoms with van der Waals surface area (Å²) >= 11 is 0. The van der Waals surface area contributed by atoms with E-state index in [1.54, 1.807) is 6.21 Å². The molecule has 0 radical (unpaired) electrons. The highest BCUT2D eigenvalue weighted by atomic mass is 19.1. The first kappa shape index (κ1) is 15.6. The van der Waals surface area contributed by atoms with Crippen LogP contribution in [-0.2, 0) is 0 Å². The van der Waals surface area contributed by atoms with Crippen LogP contribution in [0.4, 0.5) is 4.39 Å². The van der Waals surface area contributed by atoms with Crippen LogP contribution in [0.25, 0.3) is 0 Å². The molecule has 0 spiro atoms. The molecule has 0 bridgehead atoms. The predicted octanol–water partition coefficient (Wildman–Crippen LogP) is 3.73. The van der Waals surface area contributed by atoms with E-state index in [1.165, 1.54) is 6.08 Å². The van der Waals surface area contributed by atoms with Crippen molar-refractivity contribution < 1.29 is 4.39 Å². The lowest BCUT2D eigenvalue weighted by molar-refractivity contribution is 0.619. The minimum atomic E-state index is -0.546. The molecule has 17 heavy (non-hydrogen) atoms. The van der Waals surface area contributed by atoms with Crippen LogP contribution in [-0.4, -0.2) is 12.1 Å². The van der Waals surface area contributed by atoms with Crippen LogP contribution >= 0.6 is 0 Å². The molecule has 2 N–H and O–H groups in total. The zero-order valence-electron chi connectivity index (χ0n) is 11.1. The molecule has 0 aliphatic carbocycles. The first-order chi connectivity index (χ1) is 8.02. The van der Waals surface area contributed by atoms with Crippen LogP contribution in [0.3, 0.4) is 0 Å². The smallest absolute Gasteiger partial charge is 0.210 e. The van der Waals surface area contributed by atoms with Gasteiger partial charge < -0.3 is 5.73 Å². The Balaban J connectivity index is 4.98. The molecule has 0 unspecified atom stereocenters. The molecule has 0 aromatic heterocycles. The van der Waals surface area contributed by atoms with Gasteiger partial charge in [0.1, 0.15) is 5.70 Å². The van der Waals surface area contributed by atoms with Crippen LogP contribution in [0.5, 0.6) is 0 Å². The van der Waals surface area contributed by atoms with E-state index in [4.69, 9.17) is 5.73 Å². The van der Waals surface area contributed by atoms with Crippen molar-refractivity contribution >= 4 is 12.1 Å². The summed E-state index contributed by atoms with van der Waals surface area (Å²) in [6, 6.07) is 0. The maximum Gasteiger partial charge on any atom is 0.210 e. The van der Waals surface area contributed by atoms with Crippen molar-refractivity contribution in [2.45, 2.75) is 47.0 Å². The molecule has 0 heterocycles. The van der Waals surface area contributed by atoms with Gasteiger partial charge in [0.15, 0.2) is 5.84 Å². The van der Waals surface area contributed by atoms with Crippen molar-refractivity contribution in [1.82, 2.24) is 0 Å². The van der Waals surface area contributed by atoms with E-state index < -0.39 is 5.95 Å². The zero-order chi connectivity index (χ0) is 13.3. The van der Waals surface area contributed by atoms with Crippen molar-refractivity contribution in [2.24, 2.45) is 15.7 Å². The standard InChI is InChI=1S/C13H22FN3/c1-5-7-8-11(14)17-13(15)12(10(3)4)16-9-6-2/h8-9H,5-7H2,1-4H3,(H2,15,17)/b11-8+,16-9-. The van der Waals surface area contributed by atoms with Gasteiger partial charge in [-0.2, -0.15) is 4.39 Å². The van der Waals surface area contributed by atoms with E-state index in [0.29, 0.717) is 12.1 Å². The molecule has 0 atom stereocenters. The van der Waals surface area contributed by atoms with Gasteiger partial charge in [0.05, 0.1) is 0 Å². The van der Waals surface area contributed by atoms with Crippen LogP contribution in [0.15, 0.2) is 33.3 Å². The second-order valence-corrected chi connectivity index (χ2v) is 3.88. The summed E-state index contributed by atoms with van der Waals surface area (Å²) < 4.78 is 13.3. The number of amidine groups is 1. The van der Waals surface area contributed by atoms with E-state index in [9.17, 15) is 4.39 Å². The molecule has 0 saturated heterocycles. The molecule has 0 saturated carbocycles. The molecule has 0 aromatic carbocycles. The fourth-order valence-corrected chi connectivity index (χ4v) is 1.11. The highest BCUT2D eigenvalue weighted by molar-refractivity contribution is 5.98. The molecule has 0 rings (SSSR count). The number of allylic oxidation sites excluding steroid dienone is 2. The third-order valence-corrected chi connectivity index (χ3v) is 1.95. The maximum absolute atomic E-state index is 13.3. The first-order valence-electron chi connectivity index (χ1n) is 5.93. The van der Waals surface area contributed by atoms with Crippen molar-refractivity contribution in [1.29, 1.82) is 0 Å². The average Bonchev–Trinajstić information content (AvgIpc) is 2.26.